The minimum absolute atomic E-state index is 0.0120. The Morgan fingerprint density at radius 1 is 1.12 bits per heavy atom. The van der Waals surface area contributed by atoms with Crippen LogP contribution in [-0.4, -0.2) is 11.5 Å². The molecule has 0 saturated carbocycles. The lowest BCUT2D eigenvalue weighted by molar-refractivity contribution is 0.103. The zero-order chi connectivity index (χ0) is 16.8. The predicted octanol–water partition coefficient (Wildman–Crippen LogP) is 4.75. The first kappa shape index (κ1) is 15.0. The summed E-state index contributed by atoms with van der Waals surface area (Å²) in [6.07, 6.45) is 0. The molecule has 2 aromatic carbocycles. The molecule has 0 radical (unpaired) electrons. The second kappa shape index (κ2) is 5.54. The van der Waals surface area contributed by atoms with Gasteiger partial charge < -0.3 is 0 Å². The third-order valence-electron chi connectivity index (χ3n) is 4.66. The Balaban J connectivity index is 1.98. The molecule has 0 saturated heterocycles. The summed E-state index contributed by atoms with van der Waals surface area (Å²) in [5.41, 5.74) is 4.63. The van der Waals surface area contributed by atoms with Gasteiger partial charge in [0.2, 0.25) is 0 Å². The minimum Gasteiger partial charge on any atom is -0.289 e. The first-order chi connectivity index (χ1) is 11.6. The average Bonchev–Trinajstić information content (AvgIpc) is 2.86. The number of aliphatic imine (C=N–C) groups is 1. The van der Waals surface area contributed by atoms with Crippen molar-refractivity contribution >= 4 is 33.1 Å². The molecule has 0 aromatic heterocycles. The maximum atomic E-state index is 13.0. The fraction of sp³-hybridized carbons (Fsp3) is 0.150. The molecule has 0 amide bonds. The zero-order valence-corrected chi connectivity index (χ0v) is 14.5. The summed E-state index contributed by atoms with van der Waals surface area (Å²) in [4.78, 5) is 17.6. The molecule has 1 aliphatic heterocycles. The number of nitriles is 1. The molecule has 2 aliphatic rings. The summed E-state index contributed by atoms with van der Waals surface area (Å²) in [7, 11) is 0. The van der Waals surface area contributed by atoms with E-state index in [1.54, 1.807) is 0 Å². The van der Waals surface area contributed by atoms with Crippen LogP contribution in [0, 0.1) is 17.2 Å². The molecule has 0 spiro atoms. The van der Waals surface area contributed by atoms with Gasteiger partial charge in [-0.05, 0) is 24.6 Å². The van der Waals surface area contributed by atoms with Gasteiger partial charge in [-0.25, -0.2) is 0 Å². The van der Waals surface area contributed by atoms with Crippen LogP contribution in [0.25, 0.3) is 5.70 Å². The van der Waals surface area contributed by atoms with Gasteiger partial charge in [0.05, 0.1) is 17.7 Å². The number of benzene rings is 2. The Hall–Kier alpha value is -2.51. The highest BCUT2D eigenvalue weighted by Gasteiger charge is 2.42. The van der Waals surface area contributed by atoms with Crippen molar-refractivity contribution in [3.8, 4) is 6.07 Å². The van der Waals surface area contributed by atoms with E-state index in [0.29, 0.717) is 11.1 Å². The summed E-state index contributed by atoms with van der Waals surface area (Å²) in [5, 5.41) is 9.71. The monoisotopic (exact) mass is 376 g/mol. The standard InChI is InChI=1S/C20H13BrN2O/c1-11-16(10-22)17(12-5-4-6-13(21)9-12)18-19(23-11)14-7-2-3-8-15(14)20(18)24/h2-9,16-17H,1H3/t16?,17-/m1/s1. The Bertz CT molecular complexity index is 981. The predicted molar refractivity (Wildman–Crippen MR) is 96.8 cm³/mol. The molecule has 1 aliphatic carbocycles. The summed E-state index contributed by atoms with van der Waals surface area (Å²) in [6.45, 7) is 1.87. The highest BCUT2D eigenvalue weighted by Crippen LogP contribution is 2.47. The highest BCUT2D eigenvalue weighted by molar-refractivity contribution is 9.10. The molecule has 0 fully saturated rings. The van der Waals surface area contributed by atoms with Crippen molar-refractivity contribution in [2.24, 2.45) is 10.9 Å². The molecule has 0 bridgehead atoms. The minimum atomic E-state index is -0.434. The van der Waals surface area contributed by atoms with Gasteiger partial charge >= 0.3 is 0 Å². The van der Waals surface area contributed by atoms with E-state index < -0.39 is 5.92 Å². The largest absolute Gasteiger partial charge is 0.289 e. The molecule has 3 nitrogen and oxygen atoms in total. The lowest BCUT2D eigenvalue weighted by Crippen LogP contribution is -2.26. The fourth-order valence-corrected chi connectivity index (χ4v) is 3.99. The van der Waals surface area contributed by atoms with Gasteiger partial charge in [-0.1, -0.05) is 52.3 Å². The van der Waals surface area contributed by atoms with Crippen LogP contribution in [0.1, 0.15) is 34.3 Å². The number of halogens is 1. The van der Waals surface area contributed by atoms with Crippen molar-refractivity contribution < 1.29 is 4.79 Å². The molecule has 116 valence electrons. The lowest BCUT2D eigenvalue weighted by atomic mass is 9.76. The van der Waals surface area contributed by atoms with E-state index in [1.165, 1.54) is 0 Å². The van der Waals surface area contributed by atoms with Crippen molar-refractivity contribution in [2.75, 3.05) is 0 Å². The van der Waals surface area contributed by atoms with E-state index in [2.05, 4.69) is 27.0 Å². The zero-order valence-electron chi connectivity index (χ0n) is 13.0. The Morgan fingerprint density at radius 3 is 2.58 bits per heavy atom. The van der Waals surface area contributed by atoms with Crippen LogP contribution in [0.5, 0.6) is 0 Å². The normalized spacial score (nSPS) is 21.9. The van der Waals surface area contributed by atoms with Crippen LogP contribution >= 0.6 is 15.9 Å². The second-order valence-corrected chi connectivity index (χ2v) is 6.95. The van der Waals surface area contributed by atoms with Crippen LogP contribution in [0.3, 0.4) is 0 Å². The molecule has 24 heavy (non-hydrogen) atoms. The molecular weight excluding hydrogens is 364 g/mol. The summed E-state index contributed by atoms with van der Waals surface area (Å²) < 4.78 is 0.932. The SMILES string of the molecule is CC1=NC2=C(C(=O)c3ccccc32)[C@H](c2cccc(Br)c2)C1C#N. The highest BCUT2D eigenvalue weighted by atomic mass is 79.9. The van der Waals surface area contributed by atoms with Crippen molar-refractivity contribution in [3.63, 3.8) is 0 Å². The number of rotatable bonds is 1. The van der Waals surface area contributed by atoms with Crippen LogP contribution < -0.4 is 0 Å². The molecule has 1 unspecified atom stereocenters. The first-order valence-electron chi connectivity index (χ1n) is 7.70. The van der Waals surface area contributed by atoms with E-state index in [0.717, 1.165) is 27.0 Å². The number of fused-ring (bicyclic) bond motifs is 2. The van der Waals surface area contributed by atoms with Gasteiger partial charge in [0.25, 0.3) is 0 Å². The number of carbonyl (C=O) groups is 1. The fourth-order valence-electron chi connectivity index (χ4n) is 3.58. The van der Waals surface area contributed by atoms with Gasteiger partial charge in [0, 0.05) is 32.8 Å². The average molecular weight is 377 g/mol. The first-order valence-corrected chi connectivity index (χ1v) is 8.49. The van der Waals surface area contributed by atoms with E-state index in [-0.39, 0.29) is 11.7 Å². The smallest absolute Gasteiger partial charge is 0.192 e. The second-order valence-electron chi connectivity index (χ2n) is 6.03. The summed E-state index contributed by atoms with van der Waals surface area (Å²) in [6, 6.07) is 17.7. The Labute approximate surface area is 148 Å². The quantitative estimate of drug-likeness (QED) is 0.720. The molecule has 4 rings (SSSR count). The van der Waals surface area contributed by atoms with Crippen molar-refractivity contribution in [2.45, 2.75) is 12.8 Å². The summed E-state index contributed by atoms with van der Waals surface area (Å²) >= 11 is 3.49. The van der Waals surface area contributed by atoms with Crippen molar-refractivity contribution in [3.05, 3.63) is 75.3 Å². The van der Waals surface area contributed by atoms with Gasteiger partial charge in [-0.3, -0.25) is 9.79 Å². The van der Waals surface area contributed by atoms with E-state index in [4.69, 9.17) is 0 Å². The maximum Gasteiger partial charge on any atom is 0.192 e. The van der Waals surface area contributed by atoms with Crippen LogP contribution in [0.15, 0.2) is 63.6 Å². The number of nitrogens with zero attached hydrogens (tertiary/aromatic N) is 2. The molecule has 4 heteroatoms. The van der Waals surface area contributed by atoms with E-state index in [9.17, 15) is 10.1 Å². The van der Waals surface area contributed by atoms with Gasteiger partial charge in [0.1, 0.15) is 0 Å². The van der Waals surface area contributed by atoms with Crippen LogP contribution in [0.4, 0.5) is 0 Å². The number of carbonyl (C=O) groups excluding carboxylic acids is 1. The number of hydrogen-bond donors (Lipinski definition) is 0. The number of ketones is 1. The van der Waals surface area contributed by atoms with Crippen LogP contribution in [-0.2, 0) is 0 Å². The number of hydrogen-bond acceptors (Lipinski definition) is 3. The van der Waals surface area contributed by atoms with Gasteiger partial charge in [-0.2, -0.15) is 5.26 Å². The van der Waals surface area contributed by atoms with Crippen molar-refractivity contribution in [1.82, 2.24) is 0 Å². The third-order valence-corrected chi connectivity index (χ3v) is 5.15. The molecule has 0 N–H and O–H groups in total. The van der Waals surface area contributed by atoms with E-state index in [1.807, 2.05) is 55.5 Å². The van der Waals surface area contributed by atoms with Gasteiger partial charge in [-0.15, -0.1) is 0 Å². The lowest BCUT2D eigenvalue weighted by Gasteiger charge is -2.27. The topological polar surface area (TPSA) is 53.2 Å². The molecule has 2 aromatic rings. The molecule has 2 atom stereocenters. The van der Waals surface area contributed by atoms with Gasteiger partial charge in [0.15, 0.2) is 5.78 Å². The van der Waals surface area contributed by atoms with Crippen LogP contribution in [0.2, 0.25) is 0 Å². The summed E-state index contributed by atoms with van der Waals surface area (Å²) in [5.74, 6) is -0.738. The van der Waals surface area contributed by atoms with Crippen molar-refractivity contribution in [1.29, 1.82) is 5.26 Å². The Kier molecular flexibility index (Phi) is 3.47. The maximum absolute atomic E-state index is 13.0. The number of Topliss-reactive ketones (excluding diaryl/α,β-unsaturated/α-hetero) is 1. The Morgan fingerprint density at radius 2 is 1.88 bits per heavy atom. The van der Waals surface area contributed by atoms with E-state index >= 15 is 0 Å². The third kappa shape index (κ3) is 2.09. The number of allylic oxidation sites excluding steroid dienone is 1. The molecule has 1 heterocycles. The molecular formula is C20H13BrN2O.